The second kappa shape index (κ2) is 4.44. The van der Waals surface area contributed by atoms with E-state index in [0.29, 0.717) is 4.47 Å². The Morgan fingerprint density at radius 2 is 2.18 bits per heavy atom. The third-order valence-electron chi connectivity index (χ3n) is 2.64. The zero-order valence-electron chi connectivity index (χ0n) is 9.04. The first-order valence-corrected chi connectivity index (χ1v) is 5.80. The lowest BCUT2D eigenvalue weighted by atomic mass is 10.2. The van der Waals surface area contributed by atoms with E-state index in [1.807, 2.05) is 0 Å². The average Bonchev–Trinajstić information content (AvgIpc) is 2.50. The maximum absolute atomic E-state index is 13.5. The van der Waals surface area contributed by atoms with Crippen molar-refractivity contribution in [2.45, 2.75) is 12.5 Å². The summed E-state index contributed by atoms with van der Waals surface area (Å²) in [5.41, 5.74) is 0.217. The molecule has 1 aliphatic rings. The Morgan fingerprint density at radius 1 is 1.47 bits per heavy atom. The summed E-state index contributed by atoms with van der Waals surface area (Å²) in [5.74, 6) is -1.06. The van der Waals surface area contributed by atoms with Gasteiger partial charge in [-0.15, -0.1) is 0 Å². The van der Waals surface area contributed by atoms with E-state index in [4.69, 9.17) is 0 Å². The molecule has 90 valence electrons. The van der Waals surface area contributed by atoms with Crippen molar-refractivity contribution in [2.24, 2.45) is 0 Å². The van der Waals surface area contributed by atoms with E-state index < -0.39 is 11.9 Å². The van der Waals surface area contributed by atoms with Gasteiger partial charge in [0.05, 0.1) is 12.1 Å². The van der Waals surface area contributed by atoms with Crippen LogP contribution in [-0.2, 0) is 9.59 Å². The van der Waals surface area contributed by atoms with Crippen LogP contribution in [0.5, 0.6) is 0 Å². The Balaban J connectivity index is 2.17. The number of hydrogen-bond donors (Lipinski definition) is 1. The molecule has 0 bridgehead atoms. The number of halogens is 2. The maximum atomic E-state index is 13.5. The highest BCUT2D eigenvalue weighted by Crippen LogP contribution is 2.22. The summed E-state index contributed by atoms with van der Waals surface area (Å²) in [6.45, 7) is 0. The van der Waals surface area contributed by atoms with Gasteiger partial charge >= 0.3 is 0 Å². The van der Waals surface area contributed by atoms with Crippen LogP contribution < -0.4 is 5.32 Å². The number of likely N-dealkylation sites (N-methyl/N-ethyl adjacent to an activating group) is 1. The minimum atomic E-state index is -0.678. The van der Waals surface area contributed by atoms with Crippen molar-refractivity contribution in [2.75, 3.05) is 12.4 Å². The van der Waals surface area contributed by atoms with Crippen molar-refractivity contribution in [1.29, 1.82) is 0 Å². The van der Waals surface area contributed by atoms with Gasteiger partial charge in [0.2, 0.25) is 5.91 Å². The smallest absolute Gasteiger partial charge is 0.251 e. The quantitative estimate of drug-likeness (QED) is 0.847. The number of amides is 2. The second-order valence-corrected chi connectivity index (χ2v) is 4.73. The summed E-state index contributed by atoms with van der Waals surface area (Å²) in [4.78, 5) is 23.9. The fraction of sp³-hybridized carbons (Fsp3) is 0.273. The molecular formula is C11H10BrFN2O2. The van der Waals surface area contributed by atoms with Gasteiger partial charge < -0.3 is 5.32 Å². The lowest BCUT2D eigenvalue weighted by molar-refractivity contribution is -0.136. The molecule has 1 unspecified atom stereocenters. The zero-order chi connectivity index (χ0) is 12.6. The van der Waals surface area contributed by atoms with Gasteiger partial charge in [-0.2, -0.15) is 0 Å². The predicted molar refractivity (Wildman–Crippen MR) is 63.9 cm³/mol. The Bertz CT molecular complexity index is 492. The summed E-state index contributed by atoms with van der Waals surface area (Å²) in [5, 5.41) is 2.74. The van der Waals surface area contributed by atoms with E-state index in [1.54, 1.807) is 6.07 Å². The van der Waals surface area contributed by atoms with Crippen LogP contribution in [0.25, 0.3) is 0 Å². The first kappa shape index (κ1) is 12.0. The molecule has 2 rings (SSSR count). The van der Waals surface area contributed by atoms with Gasteiger partial charge in [-0.05, 0) is 18.2 Å². The SMILES string of the molecule is CN1C(=O)CC(Nc2ccc(Br)cc2F)C1=O. The normalized spacial score (nSPS) is 19.9. The number of hydrogen-bond acceptors (Lipinski definition) is 3. The molecule has 1 aromatic rings. The van der Waals surface area contributed by atoms with Crippen molar-refractivity contribution >= 4 is 33.4 Å². The number of nitrogens with one attached hydrogen (secondary N) is 1. The monoisotopic (exact) mass is 300 g/mol. The molecule has 17 heavy (non-hydrogen) atoms. The molecule has 1 heterocycles. The summed E-state index contributed by atoms with van der Waals surface area (Å²) in [6, 6.07) is 3.81. The van der Waals surface area contributed by atoms with E-state index in [9.17, 15) is 14.0 Å². The van der Waals surface area contributed by atoms with Crippen molar-refractivity contribution in [1.82, 2.24) is 4.90 Å². The largest absolute Gasteiger partial charge is 0.371 e. The molecular weight excluding hydrogens is 291 g/mol. The zero-order valence-corrected chi connectivity index (χ0v) is 10.6. The second-order valence-electron chi connectivity index (χ2n) is 3.82. The van der Waals surface area contributed by atoms with E-state index in [2.05, 4.69) is 21.2 Å². The van der Waals surface area contributed by atoms with E-state index >= 15 is 0 Å². The molecule has 1 fully saturated rings. The van der Waals surface area contributed by atoms with E-state index in [0.717, 1.165) is 4.90 Å². The van der Waals surface area contributed by atoms with Gasteiger partial charge in [0.15, 0.2) is 0 Å². The standard InChI is InChI=1S/C11H10BrFN2O2/c1-15-10(16)5-9(11(15)17)14-8-3-2-6(12)4-7(8)13/h2-4,9,14H,5H2,1H3. The summed E-state index contributed by atoms with van der Waals surface area (Å²) in [7, 11) is 1.42. The summed E-state index contributed by atoms with van der Waals surface area (Å²) >= 11 is 3.14. The molecule has 1 saturated heterocycles. The minimum Gasteiger partial charge on any atom is -0.371 e. The highest BCUT2D eigenvalue weighted by atomic mass is 79.9. The fourth-order valence-electron chi connectivity index (χ4n) is 1.66. The van der Waals surface area contributed by atoms with Crippen LogP contribution in [-0.4, -0.2) is 29.8 Å². The highest BCUT2D eigenvalue weighted by Gasteiger charge is 2.36. The minimum absolute atomic E-state index is 0.0604. The molecule has 0 spiro atoms. The Morgan fingerprint density at radius 3 is 2.71 bits per heavy atom. The van der Waals surface area contributed by atoms with Crippen LogP contribution >= 0.6 is 15.9 Å². The number of carbonyl (C=O) groups excluding carboxylic acids is 2. The molecule has 0 radical (unpaired) electrons. The fourth-order valence-corrected chi connectivity index (χ4v) is 2.00. The lowest BCUT2D eigenvalue weighted by Gasteiger charge is -2.13. The number of nitrogens with zero attached hydrogens (tertiary/aromatic N) is 1. The maximum Gasteiger partial charge on any atom is 0.251 e. The van der Waals surface area contributed by atoms with E-state index in [-0.39, 0.29) is 23.9 Å². The van der Waals surface area contributed by atoms with Gasteiger partial charge in [0.25, 0.3) is 5.91 Å². The predicted octanol–water partition coefficient (Wildman–Crippen LogP) is 1.76. The van der Waals surface area contributed by atoms with Gasteiger partial charge in [-0.3, -0.25) is 14.5 Å². The third-order valence-corrected chi connectivity index (χ3v) is 3.14. The molecule has 0 aliphatic carbocycles. The van der Waals surface area contributed by atoms with Crippen LogP contribution in [0, 0.1) is 5.82 Å². The number of anilines is 1. The first-order chi connectivity index (χ1) is 7.99. The Labute approximate surface area is 106 Å². The van der Waals surface area contributed by atoms with E-state index in [1.165, 1.54) is 19.2 Å². The molecule has 4 nitrogen and oxygen atoms in total. The Hall–Kier alpha value is -1.43. The first-order valence-electron chi connectivity index (χ1n) is 5.01. The number of imide groups is 1. The van der Waals surface area contributed by atoms with Crippen LogP contribution in [0.1, 0.15) is 6.42 Å². The average molecular weight is 301 g/mol. The number of rotatable bonds is 2. The molecule has 6 heteroatoms. The number of carbonyl (C=O) groups is 2. The topological polar surface area (TPSA) is 49.4 Å². The molecule has 0 saturated carbocycles. The molecule has 1 atom stereocenters. The van der Waals surface area contributed by atoms with Gasteiger partial charge in [-0.1, -0.05) is 15.9 Å². The third kappa shape index (κ3) is 2.31. The van der Waals surface area contributed by atoms with Gasteiger partial charge in [-0.25, -0.2) is 4.39 Å². The molecule has 0 aromatic heterocycles. The van der Waals surface area contributed by atoms with Gasteiger partial charge in [0.1, 0.15) is 11.9 Å². The van der Waals surface area contributed by atoms with Crippen molar-refractivity contribution in [3.63, 3.8) is 0 Å². The van der Waals surface area contributed by atoms with Crippen LogP contribution in [0.3, 0.4) is 0 Å². The van der Waals surface area contributed by atoms with Crippen LogP contribution in [0.15, 0.2) is 22.7 Å². The number of likely N-dealkylation sites (tertiary alicyclic amines) is 1. The number of benzene rings is 1. The van der Waals surface area contributed by atoms with Crippen molar-refractivity contribution in [3.8, 4) is 0 Å². The van der Waals surface area contributed by atoms with Crippen LogP contribution in [0.2, 0.25) is 0 Å². The van der Waals surface area contributed by atoms with Gasteiger partial charge in [0, 0.05) is 11.5 Å². The van der Waals surface area contributed by atoms with Crippen molar-refractivity contribution in [3.05, 3.63) is 28.5 Å². The molecule has 2 amide bonds. The molecule has 1 aromatic carbocycles. The molecule has 1 aliphatic heterocycles. The molecule has 1 N–H and O–H groups in total. The summed E-state index contributed by atoms with van der Waals surface area (Å²) in [6.07, 6.45) is 0.0604. The van der Waals surface area contributed by atoms with Crippen LogP contribution in [0.4, 0.5) is 10.1 Å². The lowest BCUT2D eigenvalue weighted by Crippen LogP contribution is -2.32. The summed E-state index contributed by atoms with van der Waals surface area (Å²) < 4.78 is 14.1. The Kier molecular flexibility index (Phi) is 3.15. The highest BCUT2D eigenvalue weighted by molar-refractivity contribution is 9.10. The van der Waals surface area contributed by atoms with Crippen molar-refractivity contribution < 1.29 is 14.0 Å².